The lowest BCUT2D eigenvalue weighted by Gasteiger charge is -2.22. The first-order valence-corrected chi connectivity index (χ1v) is 7.99. The number of hydrogen-bond acceptors (Lipinski definition) is 3. The Balaban J connectivity index is 2.33. The molecular weight excluding hydrogens is 278 g/mol. The molecule has 5 nitrogen and oxygen atoms in total. The van der Waals surface area contributed by atoms with E-state index in [1.165, 1.54) is 0 Å². The summed E-state index contributed by atoms with van der Waals surface area (Å²) in [7, 11) is 0. The Morgan fingerprint density at radius 3 is 2.50 bits per heavy atom. The van der Waals surface area contributed by atoms with Crippen molar-refractivity contribution in [1.82, 2.24) is 14.5 Å². The highest BCUT2D eigenvalue weighted by Gasteiger charge is 2.19. The minimum Gasteiger partial charge on any atom is -0.385 e. The molecule has 1 heterocycles. The second-order valence-electron chi connectivity index (χ2n) is 5.60. The molecule has 2 aromatic rings. The Kier molecular flexibility index (Phi) is 5.55. The standard InChI is InChI=1S/C17H25N3O2/c1-4-10-19(11-5-2)16(22)12-20-15-9-7-6-8-14(15)18-17(20)13(3)21/h6-9,13,21H,4-5,10-12H2,1-3H3. The first kappa shape index (κ1) is 16.5. The van der Waals surface area contributed by atoms with Crippen LogP contribution < -0.4 is 0 Å². The number of benzene rings is 1. The van der Waals surface area contributed by atoms with Crippen LogP contribution in [0.15, 0.2) is 24.3 Å². The number of aromatic nitrogens is 2. The van der Waals surface area contributed by atoms with Crippen molar-refractivity contribution in [3.8, 4) is 0 Å². The van der Waals surface area contributed by atoms with Crippen LogP contribution in [0.2, 0.25) is 0 Å². The van der Waals surface area contributed by atoms with Crippen molar-refractivity contribution in [3.63, 3.8) is 0 Å². The van der Waals surface area contributed by atoms with Crippen molar-refractivity contribution in [1.29, 1.82) is 0 Å². The molecule has 0 aliphatic carbocycles. The van der Waals surface area contributed by atoms with E-state index in [-0.39, 0.29) is 12.5 Å². The summed E-state index contributed by atoms with van der Waals surface area (Å²) >= 11 is 0. The average Bonchev–Trinajstić information content (AvgIpc) is 2.86. The number of nitrogens with zero attached hydrogens (tertiary/aromatic N) is 3. The van der Waals surface area contributed by atoms with Gasteiger partial charge in [-0.25, -0.2) is 4.98 Å². The smallest absolute Gasteiger partial charge is 0.242 e. The van der Waals surface area contributed by atoms with Gasteiger partial charge in [0, 0.05) is 13.1 Å². The van der Waals surface area contributed by atoms with Gasteiger partial charge in [-0.15, -0.1) is 0 Å². The van der Waals surface area contributed by atoms with Crippen LogP contribution in [0, 0.1) is 0 Å². The molecule has 1 atom stereocenters. The summed E-state index contributed by atoms with van der Waals surface area (Å²) in [6.07, 6.45) is 1.19. The van der Waals surface area contributed by atoms with E-state index in [1.54, 1.807) is 6.92 Å². The number of para-hydroxylation sites is 2. The Morgan fingerprint density at radius 1 is 1.27 bits per heavy atom. The minimum atomic E-state index is -0.703. The number of amides is 1. The number of fused-ring (bicyclic) bond motifs is 1. The summed E-state index contributed by atoms with van der Waals surface area (Å²) in [6, 6.07) is 7.67. The van der Waals surface area contributed by atoms with Gasteiger partial charge in [-0.05, 0) is 31.9 Å². The summed E-state index contributed by atoms with van der Waals surface area (Å²) < 4.78 is 1.83. The molecule has 1 N–H and O–H groups in total. The molecule has 0 radical (unpaired) electrons. The summed E-state index contributed by atoms with van der Waals surface area (Å²) in [5, 5.41) is 9.96. The zero-order valence-electron chi connectivity index (χ0n) is 13.6. The highest BCUT2D eigenvalue weighted by molar-refractivity contribution is 5.81. The van der Waals surface area contributed by atoms with Crippen LogP contribution in [-0.4, -0.2) is 38.6 Å². The third-order valence-corrected chi connectivity index (χ3v) is 3.69. The van der Waals surface area contributed by atoms with Gasteiger partial charge in [0.05, 0.1) is 11.0 Å². The van der Waals surface area contributed by atoms with Crippen molar-refractivity contribution in [2.24, 2.45) is 0 Å². The third kappa shape index (κ3) is 3.47. The van der Waals surface area contributed by atoms with E-state index >= 15 is 0 Å². The number of hydrogen-bond donors (Lipinski definition) is 1. The SMILES string of the molecule is CCCN(CCC)C(=O)Cn1c(C(C)O)nc2ccccc21. The van der Waals surface area contributed by atoms with Crippen LogP contribution >= 0.6 is 0 Å². The molecule has 0 bridgehead atoms. The predicted molar refractivity (Wildman–Crippen MR) is 87.5 cm³/mol. The quantitative estimate of drug-likeness (QED) is 0.855. The molecule has 5 heteroatoms. The van der Waals surface area contributed by atoms with Crippen LogP contribution in [0.5, 0.6) is 0 Å². The lowest BCUT2D eigenvalue weighted by molar-refractivity contribution is -0.131. The molecule has 1 unspecified atom stereocenters. The van der Waals surface area contributed by atoms with Gasteiger partial charge in [-0.3, -0.25) is 4.79 Å². The molecule has 1 amide bonds. The lowest BCUT2D eigenvalue weighted by atomic mass is 10.3. The number of carbonyl (C=O) groups excluding carboxylic acids is 1. The number of imidazole rings is 1. The van der Waals surface area contributed by atoms with E-state index in [9.17, 15) is 9.90 Å². The van der Waals surface area contributed by atoms with E-state index in [0.29, 0.717) is 5.82 Å². The zero-order chi connectivity index (χ0) is 16.1. The van der Waals surface area contributed by atoms with Crippen LogP contribution in [0.25, 0.3) is 11.0 Å². The molecule has 0 fully saturated rings. The minimum absolute atomic E-state index is 0.0775. The van der Waals surface area contributed by atoms with Gasteiger partial charge in [0.2, 0.25) is 5.91 Å². The van der Waals surface area contributed by atoms with Gasteiger partial charge in [0.1, 0.15) is 18.5 Å². The van der Waals surface area contributed by atoms with Gasteiger partial charge >= 0.3 is 0 Å². The maximum atomic E-state index is 12.6. The molecular formula is C17H25N3O2. The summed E-state index contributed by atoms with van der Waals surface area (Å²) in [6.45, 7) is 7.58. The Morgan fingerprint density at radius 2 is 1.91 bits per heavy atom. The van der Waals surface area contributed by atoms with E-state index in [2.05, 4.69) is 18.8 Å². The Labute approximate surface area is 131 Å². The lowest BCUT2D eigenvalue weighted by Crippen LogP contribution is -2.35. The fourth-order valence-electron chi connectivity index (χ4n) is 2.72. The number of rotatable bonds is 7. The molecule has 0 aliphatic rings. The van der Waals surface area contributed by atoms with Crippen LogP contribution in [-0.2, 0) is 11.3 Å². The molecule has 0 saturated carbocycles. The number of aliphatic hydroxyl groups excluding tert-OH is 1. The molecule has 0 saturated heterocycles. The maximum Gasteiger partial charge on any atom is 0.242 e. The van der Waals surface area contributed by atoms with Crippen molar-refractivity contribution in [3.05, 3.63) is 30.1 Å². The third-order valence-electron chi connectivity index (χ3n) is 3.69. The highest BCUT2D eigenvalue weighted by Crippen LogP contribution is 2.20. The average molecular weight is 303 g/mol. The fourth-order valence-corrected chi connectivity index (χ4v) is 2.72. The van der Waals surface area contributed by atoms with Gasteiger partial charge in [0.15, 0.2) is 0 Å². The van der Waals surface area contributed by atoms with Crippen LogP contribution in [0.1, 0.15) is 45.5 Å². The molecule has 0 aliphatic heterocycles. The molecule has 22 heavy (non-hydrogen) atoms. The topological polar surface area (TPSA) is 58.4 Å². The number of carbonyl (C=O) groups is 1. The van der Waals surface area contributed by atoms with Crippen molar-refractivity contribution in [2.75, 3.05) is 13.1 Å². The van der Waals surface area contributed by atoms with Crippen LogP contribution in [0.4, 0.5) is 0 Å². The van der Waals surface area contributed by atoms with E-state index in [1.807, 2.05) is 33.7 Å². The molecule has 1 aromatic heterocycles. The van der Waals surface area contributed by atoms with E-state index in [4.69, 9.17) is 0 Å². The maximum absolute atomic E-state index is 12.6. The first-order valence-electron chi connectivity index (χ1n) is 7.99. The van der Waals surface area contributed by atoms with Crippen molar-refractivity contribution >= 4 is 16.9 Å². The summed E-state index contributed by atoms with van der Waals surface area (Å²) in [5.41, 5.74) is 1.70. The van der Waals surface area contributed by atoms with E-state index in [0.717, 1.165) is 37.0 Å². The monoisotopic (exact) mass is 303 g/mol. The van der Waals surface area contributed by atoms with Crippen LogP contribution in [0.3, 0.4) is 0 Å². The molecule has 0 spiro atoms. The largest absolute Gasteiger partial charge is 0.385 e. The highest BCUT2D eigenvalue weighted by atomic mass is 16.3. The zero-order valence-corrected chi connectivity index (χ0v) is 13.6. The molecule has 2 rings (SSSR count). The summed E-state index contributed by atoms with van der Waals surface area (Å²) in [5.74, 6) is 0.622. The molecule has 120 valence electrons. The Hall–Kier alpha value is -1.88. The first-order chi connectivity index (χ1) is 10.6. The summed E-state index contributed by atoms with van der Waals surface area (Å²) in [4.78, 5) is 19.0. The second kappa shape index (κ2) is 7.40. The van der Waals surface area contributed by atoms with Gasteiger partial charge in [0.25, 0.3) is 0 Å². The van der Waals surface area contributed by atoms with Gasteiger partial charge in [-0.1, -0.05) is 26.0 Å². The van der Waals surface area contributed by atoms with Crippen molar-refractivity contribution < 1.29 is 9.90 Å². The molecule has 1 aromatic carbocycles. The van der Waals surface area contributed by atoms with Gasteiger partial charge in [-0.2, -0.15) is 0 Å². The fraction of sp³-hybridized carbons (Fsp3) is 0.529. The normalized spacial score (nSPS) is 12.5. The second-order valence-corrected chi connectivity index (χ2v) is 5.60. The van der Waals surface area contributed by atoms with E-state index < -0.39 is 6.10 Å². The number of aliphatic hydroxyl groups is 1. The van der Waals surface area contributed by atoms with Crippen molar-refractivity contribution in [2.45, 2.75) is 46.3 Å². The predicted octanol–water partition coefficient (Wildman–Crippen LogP) is 2.74. The van der Waals surface area contributed by atoms with Gasteiger partial charge < -0.3 is 14.6 Å². The Bertz CT molecular complexity index is 628.